The predicted molar refractivity (Wildman–Crippen MR) is 185 cm³/mol. The number of anilines is 1. The number of carbonyl (C=O) groups excluding carboxylic acids is 3. The van der Waals surface area contributed by atoms with E-state index in [0.29, 0.717) is 73.7 Å². The molecule has 0 amide bonds. The maximum atomic E-state index is 15.7. The maximum Gasteiger partial charge on any atom is 0.343 e. The average molecular weight is 685 g/mol. The summed E-state index contributed by atoms with van der Waals surface area (Å²) in [7, 11) is 1.47. The number of piperazine rings is 1. The highest BCUT2D eigenvalue weighted by atomic mass is 19.1. The normalized spacial score (nSPS) is 18.6. The highest BCUT2D eigenvalue weighted by Crippen LogP contribution is 2.44. The van der Waals surface area contributed by atoms with E-state index in [0.717, 1.165) is 18.5 Å². The molecule has 262 valence electrons. The Balaban J connectivity index is 0.967. The van der Waals surface area contributed by atoms with Crippen LogP contribution in [0.25, 0.3) is 10.9 Å². The minimum atomic E-state index is -0.782. The van der Waals surface area contributed by atoms with Crippen molar-refractivity contribution in [3.63, 3.8) is 0 Å². The summed E-state index contributed by atoms with van der Waals surface area (Å²) in [6.07, 6.45) is 4.67. The van der Waals surface area contributed by atoms with Gasteiger partial charge in [-0.05, 0) is 57.2 Å². The van der Waals surface area contributed by atoms with Gasteiger partial charge in [0.2, 0.25) is 11.2 Å². The second-order valence-electron chi connectivity index (χ2n) is 13.3. The lowest BCUT2D eigenvalue weighted by Crippen LogP contribution is -2.49. The van der Waals surface area contributed by atoms with E-state index in [1.54, 1.807) is 18.2 Å². The number of rotatable bonds is 12. The van der Waals surface area contributed by atoms with Crippen molar-refractivity contribution in [2.75, 3.05) is 44.9 Å². The molecule has 1 saturated heterocycles. The molecule has 50 heavy (non-hydrogen) atoms. The Labute approximate surface area is 288 Å². The fourth-order valence-corrected chi connectivity index (χ4v) is 7.19. The van der Waals surface area contributed by atoms with E-state index in [1.165, 1.54) is 19.4 Å². The fourth-order valence-electron chi connectivity index (χ4n) is 7.19. The molecule has 1 saturated carbocycles. The number of ketones is 1. The predicted octanol–water partition coefficient (Wildman–Crippen LogP) is 4.98. The van der Waals surface area contributed by atoms with Gasteiger partial charge in [-0.1, -0.05) is 30.3 Å². The minimum Gasteiger partial charge on any atom is -0.492 e. The molecular weight excluding hydrogens is 643 g/mol. The second kappa shape index (κ2) is 14.1. The summed E-state index contributed by atoms with van der Waals surface area (Å²) in [5.74, 6) is -1.96. The van der Waals surface area contributed by atoms with Crippen molar-refractivity contribution in [3.8, 4) is 5.75 Å². The number of ether oxygens (including phenoxy) is 3. The lowest BCUT2D eigenvalue weighted by molar-refractivity contribution is -0.145. The molecule has 0 spiro atoms. The fraction of sp³-hybridized carbons (Fsp3) is 0.421. The number of methoxy groups -OCH3 is 1. The molecule has 2 atom stereocenters. The molecule has 7 rings (SSSR count). The molecule has 0 radical (unpaired) electrons. The second-order valence-corrected chi connectivity index (χ2v) is 13.3. The van der Waals surface area contributed by atoms with Crippen molar-refractivity contribution in [1.29, 1.82) is 0 Å². The van der Waals surface area contributed by atoms with Gasteiger partial charge in [-0.3, -0.25) is 14.4 Å². The molecule has 2 unspecified atom stereocenters. The van der Waals surface area contributed by atoms with Crippen LogP contribution >= 0.6 is 0 Å². The Morgan fingerprint density at radius 2 is 1.74 bits per heavy atom. The summed E-state index contributed by atoms with van der Waals surface area (Å²) in [4.78, 5) is 54.6. The van der Waals surface area contributed by atoms with Crippen LogP contribution in [-0.2, 0) is 20.8 Å². The minimum absolute atomic E-state index is 0.0202. The van der Waals surface area contributed by atoms with Crippen LogP contribution < -0.4 is 20.4 Å². The first-order valence-electron chi connectivity index (χ1n) is 17.3. The molecule has 1 N–H and O–H groups in total. The average Bonchev–Trinajstić information content (AvgIpc) is 3.75. The molecule has 3 aliphatic rings. The first-order valence-corrected chi connectivity index (χ1v) is 17.3. The summed E-state index contributed by atoms with van der Waals surface area (Å²) in [6.45, 7) is 4.62. The molecule has 2 aromatic carbocycles. The number of halogens is 1. The number of pyridine rings is 1. The number of hydrogen-bond donors (Lipinski definition) is 1. The van der Waals surface area contributed by atoms with Crippen molar-refractivity contribution in [3.05, 3.63) is 93.3 Å². The zero-order chi connectivity index (χ0) is 34.9. The van der Waals surface area contributed by atoms with Gasteiger partial charge in [0.25, 0.3) is 0 Å². The van der Waals surface area contributed by atoms with Crippen molar-refractivity contribution in [2.45, 2.75) is 63.6 Å². The van der Waals surface area contributed by atoms with Gasteiger partial charge in [0.1, 0.15) is 11.3 Å². The summed E-state index contributed by atoms with van der Waals surface area (Å²) in [6, 6.07) is 14.0. The molecule has 2 fully saturated rings. The maximum absolute atomic E-state index is 15.7. The molecule has 2 aliphatic heterocycles. The molecule has 0 bridgehead atoms. The number of carbonyl (C=O) groups is 3. The SMILES string of the molecule is COc1c(N2CCNC(C)C2)c(F)cc2c(=O)c(C(=O)OCCCCOC(=O)C3CCn4c(C(=O)c5ccccc5)ccc43)cn(C3CC3)c12. The van der Waals surface area contributed by atoms with E-state index in [9.17, 15) is 19.2 Å². The number of nitrogens with one attached hydrogen (secondary N) is 1. The Bertz CT molecular complexity index is 2000. The molecule has 12 heteroatoms. The smallest absolute Gasteiger partial charge is 0.343 e. The number of esters is 2. The Morgan fingerprint density at radius 3 is 2.46 bits per heavy atom. The number of benzene rings is 2. The van der Waals surface area contributed by atoms with Crippen LogP contribution in [0.5, 0.6) is 5.75 Å². The highest BCUT2D eigenvalue weighted by molar-refractivity contribution is 6.08. The van der Waals surface area contributed by atoms with Crippen LogP contribution in [0.2, 0.25) is 0 Å². The standard InChI is InChI=1S/C38H41FN4O7/c1-23-21-41(17-15-40-23)33-29(39)20-27-32(36(33)48-2)43(25-10-11-25)22-28(35(27)45)38(47)50-19-7-6-18-49-37(46)26-14-16-42-30(26)12-13-31(42)34(44)24-8-4-3-5-9-24/h3-5,8-9,12-13,20,22-23,25-26,40H,6-7,10-11,14-19,21H2,1-2H3. The van der Waals surface area contributed by atoms with Gasteiger partial charge in [0.05, 0.1) is 42.8 Å². The van der Waals surface area contributed by atoms with Crippen LogP contribution in [0.4, 0.5) is 10.1 Å². The van der Waals surface area contributed by atoms with Crippen LogP contribution in [0.1, 0.15) is 83.1 Å². The van der Waals surface area contributed by atoms with E-state index < -0.39 is 23.1 Å². The number of nitrogens with zero attached hydrogens (tertiary/aromatic N) is 3. The van der Waals surface area contributed by atoms with E-state index in [4.69, 9.17) is 14.2 Å². The molecule has 2 aromatic heterocycles. The van der Waals surface area contributed by atoms with Crippen LogP contribution in [0, 0.1) is 5.82 Å². The lowest BCUT2D eigenvalue weighted by atomic mass is 10.1. The number of fused-ring (bicyclic) bond motifs is 2. The van der Waals surface area contributed by atoms with Crippen LogP contribution in [0.15, 0.2) is 59.5 Å². The van der Waals surface area contributed by atoms with Gasteiger partial charge in [-0.2, -0.15) is 0 Å². The summed E-state index contributed by atoms with van der Waals surface area (Å²) in [5, 5.41) is 3.43. The molecule has 4 aromatic rings. The van der Waals surface area contributed by atoms with Gasteiger partial charge in [0.15, 0.2) is 11.6 Å². The summed E-state index contributed by atoms with van der Waals surface area (Å²) in [5.41, 5.74) is 1.95. The lowest BCUT2D eigenvalue weighted by Gasteiger charge is -2.35. The third kappa shape index (κ3) is 6.39. The van der Waals surface area contributed by atoms with Gasteiger partial charge >= 0.3 is 11.9 Å². The van der Waals surface area contributed by atoms with Gasteiger partial charge in [-0.15, -0.1) is 0 Å². The van der Waals surface area contributed by atoms with Crippen LogP contribution in [-0.4, -0.2) is 72.9 Å². The molecule has 1 aliphatic carbocycles. The summed E-state index contributed by atoms with van der Waals surface area (Å²) >= 11 is 0. The zero-order valence-electron chi connectivity index (χ0n) is 28.3. The van der Waals surface area contributed by atoms with Gasteiger partial charge in [-0.25, -0.2) is 9.18 Å². The molecule has 11 nitrogen and oxygen atoms in total. The van der Waals surface area contributed by atoms with Crippen molar-refractivity contribution in [1.82, 2.24) is 14.5 Å². The van der Waals surface area contributed by atoms with Crippen LogP contribution in [0.3, 0.4) is 0 Å². The zero-order valence-corrected chi connectivity index (χ0v) is 28.3. The number of aromatic nitrogens is 2. The topological polar surface area (TPSA) is 121 Å². The third-order valence-corrected chi connectivity index (χ3v) is 9.83. The van der Waals surface area contributed by atoms with Gasteiger partial charge < -0.3 is 33.6 Å². The van der Waals surface area contributed by atoms with E-state index in [1.807, 2.05) is 45.2 Å². The first kappa shape index (κ1) is 33.5. The Hall–Kier alpha value is -4.97. The highest BCUT2D eigenvalue weighted by Gasteiger charge is 2.34. The quantitative estimate of drug-likeness (QED) is 0.125. The van der Waals surface area contributed by atoms with Crippen molar-refractivity contribution >= 4 is 34.3 Å². The monoisotopic (exact) mass is 684 g/mol. The number of hydrogen-bond acceptors (Lipinski definition) is 9. The molecule has 4 heterocycles. The number of unbranched alkanes of at least 4 members (excludes halogenated alkanes) is 1. The van der Waals surface area contributed by atoms with Crippen molar-refractivity contribution < 1.29 is 33.0 Å². The largest absolute Gasteiger partial charge is 0.492 e. The first-order chi connectivity index (χ1) is 24.3. The third-order valence-electron chi connectivity index (χ3n) is 9.83. The van der Waals surface area contributed by atoms with Gasteiger partial charge in [0, 0.05) is 55.7 Å². The van der Waals surface area contributed by atoms with E-state index in [-0.39, 0.29) is 48.0 Å². The van der Waals surface area contributed by atoms with E-state index in [2.05, 4.69) is 5.32 Å². The Kier molecular flexibility index (Phi) is 9.46. The Morgan fingerprint density at radius 1 is 0.980 bits per heavy atom. The van der Waals surface area contributed by atoms with Crippen molar-refractivity contribution in [2.24, 2.45) is 0 Å². The van der Waals surface area contributed by atoms with E-state index >= 15 is 4.39 Å². The summed E-state index contributed by atoms with van der Waals surface area (Å²) < 4.78 is 36.3. The molecular formula is C38H41FN4O7.